The van der Waals surface area contributed by atoms with Crippen LogP contribution in [0, 0.1) is 11.3 Å². The van der Waals surface area contributed by atoms with E-state index in [1.807, 2.05) is 6.07 Å². The summed E-state index contributed by atoms with van der Waals surface area (Å²) in [5, 5.41) is 11.4. The van der Waals surface area contributed by atoms with E-state index in [1.54, 1.807) is 0 Å². The van der Waals surface area contributed by atoms with Gasteiger partial charge in [0.2, 0.25) is 0 Å². The van der Waals surface area contributed by atoms with E-state index in [1.165, 1.54) is 13.2 Å². The number of carbonyl (C=O) groups is 2. The Kier molecular flexibility index (Phi) is 2.60. The highest BCUT2D eigenvalue weighted by Crippen LogP contribution is 2.34. The van der Waals surface area contributed by atoms with Crippen molar-refractivity contribution in [1.29, 1.82) is 5.26 Å². The van der Waals surface area contributed by atoms with Gasteiger partial charge in [-0.1, -0.05) is 0 Å². The number of hydrogen-bond donors (Lipinski definition) is 1. The number of rotatable bonds is 3. The van der Waals surface area contributed by atoms with Crippen molar-refractivity contribution in [3.05, 3.63) is 23.7 Å². The van der Waals surface area contributed by atoms with Gasteiger partial charge in [-0.15, -0.1) is 0 Å². The van der Waals surface area contributed by atoms with Crippen molar-refractivity contribution in [2.45, 2.75) is 18.4 Å². The van der Waals surface area contributed by atoms with Gasteiger partial charge in [0.25, 0.3) is 5.91 Å². The molecule has 0 aliphatic heterocycles. The normalized spacial score (nSPS) is 15.8. The summed E-state index contributed by atoms with van der Waals surface area (Å²) < 4.78 is 9.43. The average Bonchev–Trinajstić information content (AvgIpc) is 2.93. The van der Waals surface area contributed by atoms with Gasteiger partial charge in [0.05, 0.1) is 18.7 Å². The molecule has 0 bridgehead atoms. The molecule has 2 rings (SSSR count). The summed E-state index contributed by atoms with van der Waals surface area (Å²) in [4.78, 5) is 22.8. The first-order chi connectivity index (χ1) is 8.10. The van der Waals surface area contributed by atoms with Crippen molar-refractivity contribution in [2.75, 3.05) is 7.11 Å². The van der Waals surface area contributed by atoms with E-state index in [-0.39, 0.29) is 11.3 Å². The monoisotopic (exact) mass is 234 g/mol. The lowest BCUT2D eigenvalue weighted by Crippen LogP contribution is -2.35. The molecule has 0 radical (unpaired) electrons. The Labute approximate surface area is 97.2 Å². The van der Waals surface area contributed by atoms with E-state index in [9.17, 15) is 9.59 Å². The second-order valence-electron chi connectivity index (χ2n) is 3.84. The minimum Gasteiger partial charge on any atom is -0.465 e. The summed E-state index contributed by atoms with van der Waals surface area (Å²) in [7, 11) is 1.24. The van der Waals surface area contributed by atoms with Gasteiger partial charge >= 0.3 is 5.97 Å². The predicted molar refractivity (Wildman–Crippen MR) is 55.1 cm³/mol. The first-order valence-electron chi connectivity index (χ1n) is 5.01. The van der Waals surface area contributed by atoms with E-state index in [0.29, 0.717) is 12.8 Å². The molecule has 1 amide bonds. The Balaban J connectivity index is 2.08. The van der Waals surface area contributed by atoms with Crippen LogP contribution >= 0.6 is 0 Å². The van der Waals surface area contributed by atoms with Crippen LogP contribution in [0.3, 0.4) is 0 Å². The van der Waals surface area contributed by atoms with E-state index in [2.05, 4.69) is 10.1 Å². The second kappa shape index (κ2) is 3.94. The van der Waals surface area contributed by atoms with E-state index in [4.69, 9.17) is 9.68 Å². The Morgan fingerprint density at radius 3 is 2.82 bits per heavy atom. The van der Waals surface area contributed by atoms with Crippen LogP contribution in [0.25, 0.3) is 0 Å². The molecule has 1 aliphatic rings. The number of esters is 1. The molecule has 0 spiro atoms. The van der Waals surface area contributed by atoms with E-state index < -0.39 is 17.4 Å². The Hall–Kier alpha value is -2.29. The van der Waals surface area contributed by atoms with Gasteiger partial charge < -0.3 is 14.5 Å². The van der Waals surface area contributed by atoms with E-state index >= 15 is 0 Å². The maximum Gasteiger partial charge on any atom is 0.341 e. The summed E-state index contributed by atoms with van der Waals surface area (Å²) in [5.41, 5.74) is -0.588. The number of ether oxygens (including phenoxy) is 1. The van der Waals surface area contributed by atoms with Crippen molar-refractivity contribution in [1.82, 2.24) is 5.32 Å². The second-order valence-corrected chi connectivity index (χ2v) is 3.84. The molecule has 1 aromatic rings. The Morgan fingerprint density at radius 1 is 1.59 bits per heavy atom. The molecule has 17 heavy (non-hydrogen) atoms. The smallest absolute Gasteiger partial charge is 0.341 e. The van der Waals surface area contributed by atoms with Crippen LogP contribution in [0.4, 0.5) is 0 Å². The van der Waals surface area contributed by atoms with Gasteiger partial charge in [-0.05, 0) is 12.8 Å². The minimum atomic E-state index is -0.755. The molecule has 1 aliphatic carbocycles. The minimum absolute atomic E-state index is 0.00748. The highest BCUT2D eigenvalue weighted by Gasteiger charge is 2.45. The van der Waals surface area contributed by atoms with Crippen molar-refractivity contribution in [2.24, 2.45) is 0 Å². The third-order valence-electron chi connectivity index (χ3n) is 2.56. The highest BCUT2D eigenvalue weighted by atomic mass is 16.5. The maximum absolute atomic E-state index is 11.7. The first kappa shape index (κ1) is 11.2. The average molecular weight is 234 g/mol. The summed E-state index contributed by atoms with van der Waals surface area (Å²) in [6, 6.07) is 3.31. The number of methoxy groups -OCH3 is 1. The van der Waals surface area contributed by atoms with Crippen molar-refractivity contribution >= 4 is 11.9 Å². The number of hydrogen-bond acceptors (Lipinski definition) is 5. The molecule has 0 unspecified atom stereocenters. The maximum atomic E-state index is 11.7. The molecular weight excluding hydrogens is 224 g/mol. The highest BCUT2D eigenvalue weighted by molar-refractivity contribution is 5.96. The molecule has 1 fully saturated rings. The zero-order valence-corrected chi connectivity index (χ0v) is 9.15. The fraction of sp³-hybridized carbons (Fsp3) is 0.364. The van der Waals surface area contributed by atoms with Gasteiger partial charge in [-0.25, -0.2) is 4.79 Å². The zero-order valence-electron chi connectivity index (χ0n) is 9.15. The fourth-order valence-electron chi connectivity index (χ4n) is 1.35. The number of nitrogens with zero attached hydrogens (tertiary/aromatic N) is 1. The topological polar surface area (TPSA) is 92.3 Å². The summed E-state index contributed by atoms with van der Waals surface area (Å²) in [6.45, 7) is 0. The molecule has 1 saturated carbocycles. The molecule has 6 nitrogen and oxygen atoms in total. The lowest BCUT2D eigenvalue weighted by molar-refractivity contribution is 0.0599. The van der Waals surface area contributed by atoms with Gasteiger partial charge in [-0.2, -0.15) is 5.26 Å². The van der Waals surface area contributed by atoms with Crippen molar-refractivity contribution < 1.29 is 18.7 Å². The molecule has 0 atom stereocenters. The molecule has 1 heterocycles. The van der Waals surface area contributed by atoms with Crippen LogP contribution < -0.4 is 5.32 Å². The van der Waals surface area contributed by atoms with Gasteiger partial charge in [-0.3, -0.25) is 4.79 Å². The number of carbonyl (C=O) groups excluding carboxylic acids is 2. The molecule has 6 heteroatoms. The zero-order chi connectivity index (χ0) is 12.5. The SMILES string of the molecule is COC(=O)c1coc(C(=O)NC2(C#N)CC2)c1. The Bertz CT molecular complexity index is 508. The lowest BCUT2D eigenvalue weighted by Gasteiger charge is -2.06. The van der Waals surface area contributed by atoms with Crippen LogP contribution in [-0.2, 0) is 4.74 Å². The van der Waals surface area contributed by atoms with Gasteiger partial charge in [0.1, 0.15) is 11.8 Å². The number of nitrogens with one attached hydrogen (secondary N) is 1. The van der Waals surface area contributed by atoms with Crippen LogP contribution in [0.15, 0.2) is 16.7 Å². The summed E-state index contributed by atoms with van der Waals surface area (Å²) in [6.07, 6.45) is 2.42. The molecule has 0 saturated heterocycles. The summed E-state index contributed by atoms with van der Waals surface area (Å²) in [5.74, 6) is -1.08. The van der Waals surface area contributed by atoms with Crippen LogP contribution in [0.5, 0.6) is 0 Å². The first-order valence-corrected chi connectivity index (χ1v) is 5.01. The third-order valence-corrected chi connectivity index (χ3v) is 2.56. The third kappa shape index (κ3) is 2.13. The quantitative estimate of drug-likeness (QED) is 0.782. The molecule has 0 aromatic carbocycles. The van der Waals surface area contributed by atoms with Crippen LogP contribution in [-0.4, -0.2) is 24.5 Å². The number of nitriles is 1. The number of amides is 1. The van der Waals surface area contributed by atoms with E-state index in [0.717, 1.165) is 6.26 Å². The molecular formula is C11H10N2O4. The predicted octanol–water partition coefficient (Wildman–Crippen LogP) is 0.852. The molecule has 1 N–H and O–H groups in total. The summed E-state index contributed by atoms with van der Waals surface area (Å²) >= 11 is 0. The standard InChI is InChI=1S/C11H10N2O4/c1-16-10(15)7-4-8(17-5-7)9(14)13-11(6-12)2-3-11/h4-5H,2-3H2,1H3,(H,13,14). The molecule has 1 aromatic heterocycles. The Morgan fingerprint density at radius 2 is 2.29 bits per heavy atom. The fourth-order valence-corrected chi connectivity index (χ4v) is 1.35. The largest absolute Gasteiger partial charge is 0.465 e. The lowest BCUT2D eigenvalue weighted by atomic mass is 10.2. The molecule has 88 valence electrons. The van der Waals surface area contributed by atoms with Gasteiger partial charge in [0, 0.05) is 6.07 Å². The van der Waals surface area contributed by atoms with Crippen molar-refractivity contribution in [3.8, 4) is 6.07 Å². The number of furan rings is 1. The van der Waals surface area contributed by atoms with Crippen molar-refractivity contribution in [3.63, 3.8) is 0 Å². The van der Waals surface area contributed by atoms with Gasteiger partial charge in [0.15, 0.2) is 5.76 Å². The van der Waals surface area contributed by atoms with Crippen LogP contribution in [0.2, 0.25) is 0 Å². The van der Waals surface area contributed by atoms with Crippen LogP contribution in [0.1, 0.15) is 33.8 Å².